The van der Waals surface area contributed by atoms with Gasteiger partial charge in [0.2, 0.25) is 11.8 Å². The summed E-state index contributed by atoms with van der Waals surface area (Å²) in [5.41, 5.74) is 5.29. The average Bonchev–Trinajstić information content (AvgIpc) is 3.25. The molecule has 1 aliphatic heterocycles. The van der Waals surface area contributed by atoms with Crippen LogP contribution in [-0.4, -0.2) is 43.8 Å². The van der Waals surface area contributed by atoms with Crippen molar-refractivity contribution < 1.29 is 9.59 Å². The number of carbonyl (C=O) groups is 2. The lowest BCUT2D eigenvalue weighted by Crippen LogP contribution is -2.37. The number of rotatable bonds is 6. The molecule has 2 amide bonds. The molecule has 8 heteroatoms. The fourth-order valence-corrected chi connectivity index (χ4v) is 4.70. The van der Waals surface area contributed by atoms with Crippen LogP contribution in [0.4, 0.5) is 5.69 Å². The van der Waals surface area contributed by atoms with Crippen LogP contribution >= 0.6 is 11.8 Å². The molecule has 0 saturated carbocycles. The van der Waals surface area contributed by atoms with E-state index in [-0.39, 0.29) is 11.8 Å². The molecule has 0 fully saturated rings. The second-order valence-corrected chi connectivity index (χ2v) is 9.15. The Morgan fingerprint density at radius 2 is 1.94 bits per heavy atom. The Labute approximate surface area is 192 Å². The van der Waals surface area contributed by atoms with E-state index in [1.807, 2.05) is 27.7 Å². The zero-order chi connectivity index (χ0) is 22.7. The van der Waals surface area contributed by atoms with Gasteiger partial charge in [0, 0.05) is 31.4 Å². The number of nitrogens with zero attached hydrogens (tertiary/aromatic N) is 4. The van der Waals surface area contributed by atoms with Crippen LogP contribution in [0.1, 0.15) is 43.4 Å². The van der Waals surface area contributed by atoms with Crippen molar-refractivity contribution in [3.8, 4) is 5.69 Å². The predicted octanol–water partition coefficient (Wildman–Crippen LogP) is 4.03. The van der Waals surface area contributed by atoms with Crippen LogP contribution in [-0.2, 0) is 22.6 Å². The molecule has 0 saturated heterocycles. The van der Waals surface area contributed by atoms with Crippen LogP contribution < -0.4 is 5.32 Å². The highest BCUT2D eigenvalue weighted by Crippen LogP contribution is 2.27. The van der Waals surface area contributed by atoms with Crippen molar-refractivity contribution in [3.05, 3.63) is 65.5 Å². The van der Waals surface area contributed by atoms with Crippen molar-refractivity contribution in [2.75, 3.05) is 17.6 Å². The maximum atomic E-state index is 12.9. The minimum atomic E-state index is -0.0868. The van der Waals surface area contributed by atoms with E-state index in [1.165, 1.54) is 24.2 Å². The summed E-state index contributed by atoms with van der Waals surface area (Å²) in [5, 5.41) is 11.8. The van der Waals surface area contributed by atoms with E-state index in [9.17, 15) is 9.59 Å². The molecule has 1 aliphatic rings. The summed E-state index contributed by atoms with van der Waals surface area (Å²) in [7, 11) is 0. The molecular weight excluding hydrogens is 422 g/mol. The summed E-state index contributed by atoms with van der Waals surface area (Å²) >= 11 is 1.39. The maximum Gasteiger partial charge on any atom is 0.233 e. The van der Waals surface area contributed by atoms with Gasteiger partial charge in [0.1, 0.15) is 6.33 Å². The minimum Gasteiger partial charge on any atom is -0.337 e. The summed E-state index contributed by atoms with van der Waals surface area (Å²) < 4.78 is 1.91. The van der Waals surface area contributed by atoms with Gasteiger partial charge in [0.25, 0.3) is 0 Å². The number of aromatic nitrogens is 3. The summed E-state index contributed by atoms with van der Waals surface area (Å²) in [5.74, 6) is 0.746. The molecule has 0 radical (unpaired) electrons. The second kappa shape index (κ2) is 9.56. The molecule has 0 atom stereocenters. The van der Waals surface area contributed by atoms with Crippen molar-refractivity contribution in [3.63, 3.8) is 0 Å². The molecule has 4 rings (SSSR count). The van der Waals surface area contributed by atoms with Gasteiger partial charge < -0.3 is 10.2 Å². The van der Waals surface area contributed by atoms with E-state index in [1.54, 1.807) is 6.33 Å². The van der Waals surface area contributed by atoms with Gasteiger partial charge in [-0.25, -0.2) is 0 Å². The Kier molecular flexibility index (Phi) is 6.60. The molecule has 3 aromatic rings. The Morgan fingerprint density at radius 1 is 1.16 bits per heavy atom. The number of nitrogens with one attached hydrogen (secondary N) is 1. The molecular formula is C24H27N5O2S. The number of amides is 2. The number of benzene rings is 2. The molecule has 2 aromatic carbocycles. The SMILES string of the molecule is CC(=O)Nc1cccc2c1CCN(C(=O)CSc1nncn1-c1ccc(C(C)C)cc1)C2. The van der Waals surface area contributed by atoms with E-state index in [0.29, 0.717) is 29.9 Å². The monoisotopic (exact) mass is 449 g/mol. The van der Waals surface area contributed by atoms with Gasteiger partial charge in [-0.15, -0.1) is 10.2 Å². The van der Waals surface area contributed by atoms with Gasteiger partial charge in [0.15, 0.2) is 5.16 Å². The highest BCUT2D eigenvalue weighted by Gasteiger charge is 2.23. The van der Waals surface area contributed by atoms with Crippen LogP contribution in [0.15, 0.2) is 53.9 Å². The molecule has 0 aliphatic carbocycles. The number of fused-ring (bicyclic) bond motifs is 1. The molecule has 1 aromatic heterocycles. The third kappa shape index (κ3) is 4.85. The van der Waals surface area contributed by atoms with Crippen LogP contribution in [0.5, 0.6) is 0 Å². The van der Waals surface area contributed by atoms with Crippen molar-refractivity contribution >= 4 is 29.3 Å². The lowest BCUT2D eigenvalue weighted by Gasteiger charge is -2.30. The topological polar surface area (TPSA) is 80.1 Å². The van der Waals surface area contributed by atoms with Crippen molar-refractivity contribution in [1.29, 1.82) is 0 Å². The average molecular weight is 450 g/mol. The highest BCUT2D eigenvalue weighted by molar-refractivity contribution is 7.99. The molecule has 0 spiro atoms. The molecule has 32 heavy (non-hydrogen) atoms. The summed E-state index contributed by atoms with van der Waals surface area (Å²) in [4.78, 5) is 26.2. The first-order chi connectivity index (χ1) is 15.4. The lowest BCUT2D eigenvalue weighted by atomic mass is 9.97. The number of carbonyl (C=O) groups excluding carboxylic acids is 2. The third-order valence-corrected chi connectivity index (χ3v) is 6.54. The number of thioether (sulfide) groups is 1. The van der Waals surface area contributed by atoms with Crippen LogP contribution in [0.25, 0.3) is 5.69 Å². The van der Waals surface area contributed by atoms with Gasteiger partial charge >= 0.3 is 0 Å². The number of hydrogen-bond acceptors (Lipinski definition) is 5. The van der Waals surface area contributed by atoms with Gasteiger partial charge in [0.05, 0.1) is 5.75 Å². The Balaban J connectivity index is 1.40. The van der Waals surface area contributed by atoms with Gasteiger partial charge in [-0.3, -0.25) is 14.2 Å². The number of hydrogen-bond donors (Lipinski definition) is 1. The molecule has 7 nitrogen and oxygen atoms in total. The molecule has 2 heterocycles. The summed E-state index contributed by atoms with van der Waals surface area (Å²) in [6.45, 7) is 7.02. The normalized spacial score (nSPS) is 13.2. The molecule has 1 N–H and O–H groups in total. The quantitative estimate of drug-likeness (QED) is 0.575. The van der Waals surface area contributed by atoms with E-state index in [2.05, 4.69) is 53.6 Å². The fourth-order valence-electron chi connectivity index (χ4n) is 3.87. The minimum absolute atomic E-state index is 0.0651. The molecule has 0 bridgehead atoms. The zero-order valence-electron chi connectivity index (χ0n) is 18.5. The largest absolute Gasteiger partial charge is 0.337 e. The lowest BCUT2D eigenvalue weighted by molar-refractivity contribution is -0.129. The zero-order valence-corrected chi connectivity index (χ0v) is 19.4. The standard InChI is InChI=1S/C24H27N5O2S/c1-16(2)18-7-9-20(10-8-18)29-15-25-27-24(29)32-14-23(31)28-12-11-21-19(13-28)5-4-6-22(21)26-17(3)30/h4-10,15-16H,11-14H2,1-3H3,(H,26,30). The van der Waals surface area contributed by atoms with Crippen molar-refractivity contribution in [1.82, 2.24) is 19.7 Å². The highest BCUT2D eigenvalue weighted by atomic mass is 32.2. The van der Waals surface area contributed by atoms with Crippen molar-refractivity contribution in [2.24, 2.45) is 0 Å². The first kappa shape index (κ1) is 22.1. The Bertz CT molecular complexity index is 1120. The smallest absolute Gasteiger partial charge is 0.233 e. The van der Waals surface area contributed by atoms with E-state index < -0.39 is 0 Å². The Hall–Kier alpha value is -3.13. The van der Waals surface area contributed by atoms with Gasteiger partial charge in [-0.05, 0) is 47.2 Å². The van der Waals surface area contributed by atoms with E-state index in [0.717, 1.165) is 28.9 Å². The van der Waals surface area contributed by atoms with Gasteiger partial charge in [-0.2, -0.15) is 0 Å². The van der Waals surface area contributed by atoms with Gasteiger partial charge in [-0.1, -0.05) is 49.9 Å². The first-order valence-electron chi connectivity index (χ1n) is 10.7. The Morgan fingerprint density at radius 3 is 2.66 bits per heavy atom. The molecule has 0 unspecified atom stereocenters. The van der Waals surface area contributed by atoms with Crippen molar-refractivity contribution in [2.45, 2.75) is 44.8 Å². The van der Waals surface area contributed by atoms with Crippen LogP contribution in [0, 0.1) is 0 Å². The third-order valence-electron chi connectivity index (χ3n) is 5.61. The van der Waals surface area contributed by atoms with Crippen LogP contribution in [0.3, 0.4) is 0 Å². The predicted molar refractivity (Wildman–Crippen MR) is 126 cm³/mol. The number of anilines is 1. The van der Waals surface area contributed by atoms with Crippen LogP contribution in [0.2, 0.25) is 0 Å². The summed E-state index contributed by atoms with van der Waals surface area (Å²) in [6, 6.07) is 14.2. The maximum absolute atomic E-state index is 12.9. The molecule has 166 valence electrons. The second-order valence-electron chi connectivity index (χ2n) is 8.21. The summed E-state index contributed by atoms with van der Waals surface area (Å²) in [6.07, 6.45) is 2.40. The first-order valence-corrected chi connectivity index (χ1v) is 11.7. The van der Waals surface area contributed by atoms with E-state index in [4.69, 9.17) is 0 Å². The fraction of sp³-hybridized carbons (Fsp3) is 0.333. The van der Waals surface area contributed by atoms with E-state index >= 15 is 0 Å².